The molecular weight excluding hydrogens is 326 g/mol. The molecule has 0 saturated carbocycles. The van der Waals surface area contributed by atoms with Crippen molar-refractivity contribution in [2.24, 2.45) is 0 Å². The van der Waals surface area contributed by atoms with Gasteiger partial charge in [0.15, 0.2) is 0 Å². The Morgan fingerprint density at radius 3 is 2.80 bits per heavy atom. The molecule has 3 aromatic rings. The molecule has 3 atom stereocenters. The number of rotatable bonds is 4. The second kappa shape index (κ2) is 6.70. The molecule has 2 heterocycles. The summed E-state index contributed by atoms with van der Waals surface area (Å²) >= 11 is 1.73. The van der Waals surface area contributed by atoms with E-state index < -0.39 is 0 Å². The summed E-state index contributed by atoms with van der Waals surface area (Å²) in [6.45, 7) is 6.78. The minimum atomic E-state index is 0.240. The fraction of sp³-hybridized carbons (Fsp3) is 0.333. The number of hydrogen-bond acceptors (Lipinski definition) is 4. The minimum Gasteiger partial charge on any atom is -0.301 e. The number of hydrogen-bond donors (Lipinski definition) is 1. The Kier molecular flexibility index (Phi) is 4.40. The number of aryl methyl sites for hydroxylation is 1. The van der Waals surface area contributed by atoms with Gasteiger partial charge in [0, 0.05) is 29.4 Å². The van der Waals surface area contributed by atoms with E-state index in [9.17, 15) is 0 Å². The van der Waals surface area contributed by atoms with Crippen molar-refractivity contribution < 1.29 is 0 Å². The Hall–Kier alpha value is -2.04. The van der Waals surface area contributed by atoms with Crippen molar-refractivity contribution >= 4 is 11.3 Å². The highest BCUT2D eigenvalue weighted by Gasteiger charge is 2.30. The average Bonchev–Trinajstić information content (AvgIpc) is 3.22. The minimum absolute atomic E-state index is 0.240. The highest BCUT2D eigenvalue weighted by Crippen LogP contribution is 2.42. The van der Waals surface area contributed by atoms with Gasteiger partial charge in [0.25, 0.3) is 0 Å². The first kappa shape index (κ1) is 16.4. The van der Waals surface area contributed by atoms with E-state index in [4.69, 9.17) is 4.98 Å². The van der Waals surface area contributed by atoms with Gasteiger partial charge in [-0.05, 0) is 55.0 Å². The second-order valence-corrected chi connectivity index (χ2v) is 7.85. The molecule has 1 N–H and O–H groups in total. The van der Waals surface area contributed by atoms with Crippen LogP contribution >= 0.6 is 11.3 Å². The van der Waals surface area contributed by atoms with E-state index in [-0.39, 0.29) is 6.04 Å². The normalized spacial score (nSPS) is 20.4. The topological polar surface area (TPSA) is 37.8 Å². The molecule has 128 valence electrons. The molecule has 0 radical (unpaired) electrons. The Morgan fingerprint density at radius 2 is 2.00 bits per heavy atom. The molecular formula is C21H23N3S. The highest BCUT2D eigenvalue weighted by molar-refractivity contribution is 7.10. The van der Waals surface area contributed by atoms with Crippen LogP contribution in [0.1, 0.15) is 60.0 Å². The van der Waals surface area contributed by atoms with Crippen molar-refractivity contribution in [3.05, 3.63) is 69.8 Å². The predicted molar refractivity (Wildman–Crippen MR) is 104 cm³/mol. The molecule has 0 fully saturated rings. The largest absolute Gasteiger partial charge is 0.301 e. The van der Waals surface area contributed by atoms with Gasteiger partial charge in [-0.3, -0.25) is 4.98 Å². The van der Waals surface area contributed by atoms with Crippen molar-refractivity contribution in [2.45, 2.75) is 45.2 Å². The Balaban J connectivity index is 1.53. The summed E-state index contributed by atoms with van der Waals surface area (Å²) in [5.41, 5.74) is 6.57. The molecule has 4 rings (SSSR count). The molecule has 1 aliphatic carbocycles. The fourth-order valence-electron chi connectivity index (χ4n) is 3.95. The smallest absolute Gasteiger partial charge is 0.110 e. The number of aromatic nitrogens is 2. The van der Waals surface area contributed by atoms with Gasteiger partial charge < -0.3 is 5.32 Å². The standard InChI is InChI=1S/C21H23N3S/c1-13-5-4-6-17-18(11-14(2)20(13)17)23-15(3)21-24-19(12-25-21)16-7-9-22-10-8-16/h4-10,12,14-15,18,23H,11H2,1-3H3/t14-,15+,18+/m1/s1. The lowest BCUT2D eigenvalue weighted by Gasteiger charge is -2.19. The third kappa shape index (κ3) is 3.12. The van der Waals surface area contributed by atoms with Crippen molar-refractivity contribution in [3.63, 3.8) is 0 Å². The van der Waals surface area contributed by atoms with Crippen LogP contribution in [-0.2, 0) is 0 Å². The third-order valence-electron chi connectivity index (χ3n) is 5.13. The van der Waals surface area contributed by atoms with E-state index >= 15 is 0 Å². The van der Waals surface area contributed by atoms with Crippen molar-refractivity contribution in [3.8, 4) is 11.3 Å². The van der Waals surface area contributed by atoms with Crippen molar-refractivity contribution in [1.82, 2.24) is 15.3 Å². The molecule has 0 spiro atoms. The summed E-state index contributed by atoms with van der Waals surface area (Å²) in [5.74, 6) is 0.615. The van der Waals surface area contributed by atoms with Crippen LogP contribution in [0.3, 0.4) is 0 Å². The molecule has 0 unspecified atom stereocenters. The van der Waals surface area contributed by atoms with Crippen LogP contribution in [0.2, 0.25) is 0 Å². The number of fused-ring (bicyclic) bond motifs is 1. The van der Waals surface area contributed by atoms with Gasteiger partial charge in [-0.15, -0.1) is 11.3 Å². The molecule has 1 aliphatic rings. The summed E-state index contributed by atoms with van der Waals surface area (Å²) in [5, 5.41) is 7.09. The van der Waals surface area contributed by atoms with Gasteiger partial charge in [-0.1, -0.05) is 25.1 Å². The molecule has 4 heteroatoms. The molecule has 1 aromatic carbocycles. The zero-order valence-corrected chi connectivity index (χ0v) is 15.7. The van der Waals surface area contributed by atoms with Crippen LogP contribution in [-0.4, -0.2) is 9.97 Å². The lowest BCUT2D eigenvalue weighted by Crippen LogP contribution is -2.23. The van der Waals surface area contributed by atoms with Crippen LogP contribution in [0.5, 0.6) is 0 Å². The fourth-order valence-corrected chi connectivity index (χ4v) is 4.80. The first-order valence-corrected chi connectivity index (χ1v) is 9.72. The van der Waals surface area contributed by atoms with Crippen LogP contribution in [0.25, 0.3) is 11.3 Å². The molecule has 0 saturated heterocycles. The molecule has 25 heavy (non-hydrogen) atoms. The highest BCUT2D eigenvalue weighted by atomic mass is 32.1. The zero-order chi connectivity index (χ0) is 17.4. The summed E-state index contributed by atoms with van der Waals surface area (Å²) in [7, 11) is 0. The van der Waals surface area contributed by atoms with Gasteiger partial charge in [0.2, 0.25) is 0 Å². The maximum atomic E-state index is 4.84. The van der Waals surface area contributed by atoms with E-state index in [1.54, 1.807) is 11.3 Å². The summed E-state index contributed by atoms with van der Waals surface area (Å²) in [6, 6.07) is 11.3. The number of nitrogens with one attached hydrogen (secondary N) is 1. The van der Waals surface area contributed by atoms with Gasteiger partial charge in [0.1, 0.15) is 5.01 Å². The number of nitrogens with zero attached hydrogens (tertiary/aromatic N) is 2. The maximum Gasteiger partial charge on any atom is 0.110 e. The molecule has 0 aliphatic heterocycles. The monoisotopic (exact) mass is 349 g/mol. The van der Waals surface area contributed by atoms with Gasteiger partial charge in [0.05, 0.1) is 11.7 Å². The van der Waals surface area contributed by atoms with Crippen LogP contribution < -0.4 is 5.32 Å². The van der Waals surface area contributed by atoms with Crippen LogP contribution in [0.4, 0.5) is 0 Å². The van der Waals surface area contributed by atoms with E-state index in [1.165, 1.54) is 16.7 Å². The summed E-state index contributed by atoms with van der Waals surface area (Å²) < 4.78 is 0. The van der Waals surface area contributed by atoms with Crippen molar-refractivity contribution in [2.75, 3.05) is 0 Å². The quantitative estimate of drug-likeness (QED) is 0.684. The summed E-state index contributed by atoms with van der Waals surface area (Å²) in [6.07, 6.45) is 4.79. The predicted octanol–water partition coefficient (Wildman–Crippen LogP) is 5.41. The van der Waals surface area contributed by atoms with Crippen LogP contribution in [0, 0.1) is 6.92 Å². The van der Waals surface area contributed by atoms with Gasteiger partial charge in [-0.2, -0.15) is 0 Å². The van der Waals surface area contributed by atoms with E-state index in [0.29, 0.717) is 12.0 Å². The van der Waals surface area contributed by atoms with Crippen molar-refractivity contribution in [1.29, 1.82) is 0 Å². The van der Waals surface area contributed by atoms with E-state index in [1.807, 2.05) is 24.5 Å². The van der Waals surface area contributed by atoms with Gasteiger partial charge >= 0.3 is 0 Å². The Bertz CT molecular complexity index is 872. The molecule has 0 bridgehead atoms. The van der Waals surface area contributed by atoms with E-state index in [2.05, 4.69) is 54.7 Å². The first-order chi connectivity index (χ1) is 12.1. The Morgan fingerprint density at radius 1 is 1.20 bits per heavy atom. The SMILES string of the molecule is Cc1cccc2c1[C@H](C)C[C@@H]2N[C@@H](C)c1nc(-c2ccncc2)cs1. The lowest BCUT2D eigenvalue weighted by atomic mass is 9.98. The number of thiazole rings is 1. The first-order valence-electron chi connectivity index (χ1n) is 8.84. The zero-order valence-electron chi connectivity index (χ0n) is 14.9. The molecule has 3 nitrogen and oxygen atoms in total. The summed E-state index contributed by atoms with van der Waals surface area (Å²) in [4.78, 5) is 8.92. The average molecular weight is 350 g/mol. The lowest BCUT2D eigenvalue weighted by molar-refractivity contribution is 0.449. The maximum absolute atomic E-state index is 4.84. The molecule has 0 amide bonds. The van der Waals surface area contributed by atoms with E-state index in [0.717, 1.165) is 22.7 Å². The second-order valence-electron chi connectivity index (χ2n) is 6.96. The molecule has 2 aromatic heterocycles. The van der Waals surface area contributed by atoms with Gasteiger partial charge in [-0.25, -0.2) is 4.98 Å². The Labute approximate surface area is 153 Å². The third-order valence-corrected chi connectivity index (χ3v) is 6.16. The number of pyridine rings is 1. The number of benzene rings is 1. The van der Waals surface area contributed by atoms with Crippen LogP contribution in [0.15, 0.2) is 48.1 Å².